The average molecular weight is 370 g/mol. The van der Waals surface area contributed by atoms with Gasteiger partial charge in [0, 0.05) is 6.92 Å². The van der Waals surface area contributed by atoms with Gasteiger partial charge in [-0.15, -0.1) is 0 Å². The summed E-state index contributed by atoms with van der Waals surface area (Å²) in [5.41, 5.74) is 0. The predicted molar refractivity (Wildman–Crippen MR) is 69.9 cm³/mol. The van der Waals surface area contributed by atoms with Gasteiger partial charge in [-0.25, -0.2) is 13.2 Å². The summed E-state index contributed by atoms with van der Waals surface area (Å²) in [6, 6.07) is 0. The molecule has 0 aromatic heterocycles. The van der Waals surface area contributed by atoms with Crippen LogP contribution in [0.5, 0.6) is 0 Å². The molecular formula is C12H20F10O. The smallest absolute Gasteiger partial charge is 0.245 e. The van der Waals surface area contributed by atoms with Crippen molar-refractivity contribution in [1.82, 2.24) is 0 Å². The highest BCUT2D eigenvalue weighted by atomic mass is 19.3. The molecule has 0 heterocycles. The lowest BCUT2D eigenvalue weighted by Gasteiger charge is -2.06. The molecule has 11 heteroatoms. The van der Waals surface area contributed by atoms with Crippen LogP contribution in [0.15, 0.2) is 37.2 Å². The molecular weight excluding hydrogens is 350 g/mol. The van der Waals surface area contributed by atoms with Crippen molar-refractivity contribution in [3.05, 3.63) is 37.2 Å². The average Bonchev–Trinajstić information content (AvgIpc) is 2.39. The fraction of sp³-hybridized carbons (Fsp3) is 0.500. The topological polar surface area (TPSA) is 9.23 Å². The summed E-state index contributed by atoms with van der Waals surface area (Å²) in [6.45, 7) is 2.70. The van der Waals surface area contributed by atoms with Crippen molar-refractivity contribution >= 4 is 0 Å². The molecule has 0 rings (SSSR count). The third-order valence-corrected chi connectivity index (χ3v) is 0.700. The zero-order valence-corrected chi connectivity index (χ0v) is 10.8. The van der Waals surface area contributed by atoms with Crippen molar-refractivity contribution in [1.29, 1.82) is 0 Å². The van der Waals surface area contributed by atoms with Crippen LogP contribution in [0.4, 0.5) is 44.0 Å². The molecule has 0 aromatic rings. The molecule has 0 aliphatic heterocycles. The summed E-state index contributed by atoms with van der Waals surface area (Å²) in [7, 11) is 0. The van der Waals surface area contributed by atoms with Crippen LogP contribution in [0.25, 0.3) is 0 Å². The largest absolute Gasteiger partial charge is 0.298 e. The summed E-state index contributed by atoms with van der Waals surface area (Å²) < 4.78 is 105. The molecule has 0 aromatic carbocycles. The number of halogens is 10. The molecule has 1 unspecified atom stereocenters. The molecule has 1 nitrogen and oxygen atoms in total. The van der Waals surface area contributed by atoms with Crippen LogP contribution in [-0.2, 0) is 4.94 Å². The van der Waals surface area contributed by atoms with E-state index in [2.05, 4.69) is 11.5 Å². The molecule has 0 N–H and O–H groups in total. The Labute approximate surface area is 128 Å². The lowest BCUT2D eigenvalue weighted by atomic mass is 10.4. The minimum atomic E-state index is -2.75. The number of hydrogen-bond donors (Lipinski definition) is 0. The standard InChI is InChI=1S/C3H5F3O.C3H4F2.C2HF3.C2H2F2.2CH4/c1-3(5,2-4)7-6;1-2-3(4)5;3-1-2(4)5;1-2(3)4;;/h2H2,1H3;2H,1H3;1H;1H2;2*1H4. The van der Waals surface area contributed by atoms with Crippen LogP contribution in [-0.4, -0.2) is 12.5 Å². The first-order chi connectivity index (χ1) is 9.39. The molecule has 0 spiro atoms. The molecule has 0 saturated heterocycles. The van der Waals surface area contributed by atoms with Gasteiger partial charge < -0.3 is 0 Å². The van der Waals surface area contributed by atoms with Crippen molar-refractivity contribution in [3.8, 4) is 0 Å². The zero-order chi connectivity index (χ0) is 18.1. The second-order valence-corrected chi connectivity index (χ2v) is 2.63. The number of allylic oxidation sites excluding steroid dienone is 1. The van der Waals surface area contributed by atoms with E-state index < -0.39 is 37.1 Å². The Balaban J connectivity index is -0.0000000415. The maximum Gasteiger partial charge on any atom is 0.298 e. The monoisotopic (exact) mass is 370 g/mol. The lowest BCUT2D eigenvalue weighted by molar-refractivity contribution is -0.289. The predicted octanol–water partition coefficient (Wildman–Crippen LogP) is 7.69. The summed E-state index contributed by atoms with van der Waals surface area (Å²) in [6.07, 6.45) is -5.74. The first-order valence-corrected chi connectivity index (χ1v) is 4.53. The molecule has 1 atom stereocenters. The molecule has 0 aliphatic carbocycles. The summed E-state index contributed by atoms with van der Waals surface area (Å²) in [5, 5.41) is 0. The second kappa shape index (κ2) is 25.4. The first kappa shape index (κ1) is 37.6. The molecule has 0 bridgehead atoms. The van der Waals surface area contributed by atoms with Crippen molar-refractivity contribution in [2.75, 3.05) is 6.67 Å². The van der Waals surface area contributed by atoms with E-state index in [4.69, 9.17) is 0 Å². The van der Waals surface area contributed by atoms with Crippen molar-refractivity contribution in [2.24, 2.45) is 0 Å². The van der Waals surface area contributed by atoms with Gasteiger partial charge in [0.25, 0.3) is 24.1 Å². The van der Waals surface area contributed by atoms with Crippen LogP contribution in [0.2, 0.25) is 0 Å². The van der Waals surface area contributed by atoms with Gasteiger partial charge in [0.15, 0.2) is 13.0 Å². The highest BCUT2D eigenvalue weighted by Crippen LogP contribution is 2.11. The summed E-state index contributed by atoms with van der Waals surface area (Å²) >= 11 is 0. The Morgan fingerprint density at radius 1 is 1.04 bits per heavy atom. The molecule has 0 radical (unpaired) electrons. The quantitative estimate of drug-likeness (QED) is 0.453. The molecule has 0 amide bonds. The SMILES string of the molecule is C.C.C=C(F)F.CC(F)(CF)OF.CC=C(F)F.FC=C(F)F. The third kappa shape index (κ3) is 97.3. The van der Waals surface area contributed by atoms with E-state index in [0.717, 1.165) is 6.08 Å². The van der Waals surface area contributed by atoms with E-state index in [1.165, 1.54) is 6.92 Å². The van der Waals surface area contributed by atoms with Gasteiger partial charge in [-0.1, -0.05) is 14.9 Å². The first-order valence-electron chi connectivity index (χ1n) is 4.53. The Hall–Kier alpha value is -1.52. The van der Waals surface area contributed by atoms with Crippen LogP contribution in [0.3, 0.4) is 0 Å². The Kier molecular flexibility index (Phi) is 41.6. The Morgan fingerprint density at radius 2 is 1.26 bits per heavy atom. The van der Waals surface area contributed by atoms with Crippen LogP contribution < -0.4 is 0 Å². The molecule has 0 fully saturated rings. The van der Waals surface area contributed by atoms with E-state index in [1.807, 2.05) is 0 Å². The normalized spacial score (nSPS) is 9.91. The van der Waals surface area contributed by atoms with Gasteiger partial charge in [-0.3, -0.25) is 0 Å². The summed E-state index contributed by atoms with van der Waals surface area (Å²) in [5.74, 6) is -2.75. The fourth-order valence-electron chi connectivity index (χ4n) is 0.0206. The van der Waals surface area contributed by atoms with Crippen LogP contribution in [0, 0.1) is 0 Å². The van der Waals surface area contributed by atoms with Gasteiger partial charge in [0.05, 0.1) is 0 Å². The van der Waals surface area contributed by atoms with Crippen LogP contribution >= 0.6 is 0 Å². The van der Waals surface area contributed by atoms with Gasteiger partial charge in [-0.2, -0.15) is 31.3 Å². The maximum absolute atomic E-state index is 11.6. The Morgan fingerprint density at radius 3 is 1.26 bits per heavy atom. The molecule has 0 saturated carbocycles. The van der Waals surface area contributed by atoms with Gasteiger partial charge in [0.1, 0.15) is 0 Å². The van der Waals surface area contributed by atoms with E-state index >= 15 is 0 Å². The highest BCUT2D eigenvalue weighted by Gasteiger charge is 2.24. The minimum absolute atomic E-state index is 0. The number of rotatable bonds is 2. The van der Waals surface area contributed by atoms with Crippen molar-refractivity contribution in [2.45, 2.75) is 34.6 Å². The fourth-order valence-corrected chi connectivity index (χ4v) is 0.0206. The maximum atomic E-state index is 11.6. The third-order valence-electron chi connectivity index (χ3n) is 0.700. The second-order valence-electron chi connectivity index (χ2n) is 2.63. The summed E-state index contributed by atoms with van der Waals surface area (Å²) in [4.78, 5) is 2.55. The Bertz CT molecular complexity index is 268. The van der Waals surface area contributed by atoms with E-state index in [-0.39, 0.29) is 14.9 Å². The van der Waals surface area contributed by atoms with E-state index in [9.17, 15) is 44.0 Å². The molecule has 23 heavy (non-hydrogen) atoms. The van der Waals surface area contributed by atoms with E-state index in [1.54, 1.807) is 0 Å². The molecule has 0 aliphatic rings. The highest BCUT2D eigenvalue weighted by molar-refractivity contribution is 4.73. The number of alkyl halides is 2. The van der Waals surface area contributed by atoms with Gasteiger partial charge in [-0.05, 0) is 24.1 Å². The van der Waals surface area contributed by atoms with Crippen molar-refractivity contribution in [3.63, 3.8) is 0 Å². The van der Waals surface area contributed by atoms with Crippen LogP contribution in [0.1, 0.15) is 28.7 Å². The number of hydrogen-bond acceptors (Lipinski definition) is 1. The molecule has 144 valence electrons. The van der Waals surface area contributed by atoms with E-state index in [0.29, 0.717) is 6.92 Å². The lowest BCUT2D eigenvalue weighted by Crippen LogP contribution is -2.20. The van der Waals surface area contributed by atoms with Gasteiger partial charge in [0.2, 0.25) is 0 Å². The van der Waals surface area contributed by atoms with Gasteiger partial charge >= 0.3 is 0 Å². The van der Waals surface area contributed by atoms with Crippen molar-refractivity contribution < 1.29 is 49.0 Å². The zero-order valence-electron chi connectivity index (χ0n) is 10.8. The minimum Gasteiger partial charge on any atom is -0.245 e.